The van der Waals surface area contributed by atoms with Gasteiger partial charge in [0, 0.05) is 11.6 Å². The molecule has 19 heavy (non-hydrogen) atoms. The summed E-state index contributed by atoms with van der Waals surface area (Å²) < 4.78 is 5.26. The number of hydrogen-bond acceptors (Lipinski definition) is 3. The molecule has 1 saturated carbocycles. The Morgan fingerprint density at radius 1 is 1.32 bits per heavy atom. The van der Waals surface area contributed by atoms with E-state index in [0.717, 1.165) is 12.8 Å². The number of hydrogen-bond donors (Lipinski definition) is 2. The van der Waals surface area contributed by atoms with Crippen molar-refractivity contribution in [2.45, 2.75) is 44.2 Å². The van der Waals surface area contributed by atoms with Crippen LogP contribution in [-0.2, 0) is 4.79 Å². The molecule has 0 spiro atoms. The maximum absolute atomic E-state index is 11.5. The van der Waals surface area contributed by atoms with Gasteiger partial charge in [0.15, 0.2) is 0 Å². The second-order valence-electron chi connectivity index (χ2n) is 5.01. The van der Waals surface area contributed by atoms with E-state index in [-0.39, 0.29) is 0 Å². The lowest BCUT2D eigenvalue weighted by Crippen LogP contribution is -2.38. The molecule has 0 aliphatic heterocycles. The van der Waals surface area contributed by atoms with Crippen LogP contribution in [0.3, 0.4) is 0 Å². The van der Waals surface area contributed by atoms with E-state index in [0.29, 0.717) is 17.4 Å². The number of rotatable bonds is 5. The van der Waals surface area contributed by atoms with Crippen LogP contribution < -0.4 is 10.1 Å². The van der Waals surface area contributed by atoms with Crippen LogP contribution in [0.1, 0.15) is 43.7 Å². The Labute approximate surface area is 113 Å². The van der Waals surface area contributed by atoms with Gasteiger partial charge in [-0.25, -0.2) is 0 Å². The minimum Gasteiger partial charge on any atom is -0.496 e. The molecule has 1 atom stereocenters. The van der Waals surface area contributed by atoms with Crippen LogP contribution in [0.2, 0.25) is 0 Å². The van der Waals surface area contributed by atoms with Gasteiger partial charge in [-0.15, -0.1) is 0 Å². The zero-order valence-corrected chi connectivity index (χ0v) is 11.3. The number of methoxy groups -OCH3 is 1. The molecule has 0 amide bonds. The van der Waals surface area contributed by atoms with Crippen molar-refractivity contribution < 1.29 is 14.6 Å². The van der Waals surface area contributed by atoms with Crippen molar-refractivity contribution in [1.29, 1.82) is 0 Å². The van der Waals surface area contributed by atoms with E-state index >= 15 is 0 Å². The van der Waals surface area contributed by atoms with Crippen molar-refractivity contribution in [3.05, 3.63) is 29.8 Å². The van der Waals surface area contributed by atoms with E-state index in [1.807, 2.05) is 18.2 Å². The fourth-order valence-corrected chi connectivity index (χ4v) is 2.70. The predicted octanol–water partition coefficient (Wildman–Crippen LogP) is 2.74. The third-order valence-corrected chi connectivity index (χ3v) is 3.70. The minimum atomic E-state index is -0.852. The molecule has 0 saturated heterocycles. The molecule has 104 valence electrons. The van der Waals surface area contributed by atoms with E-state index < -0.39 is 12.0 Å². The van der Waals surface area contributed by atoms with E-state index in [4.69, 9.17) is 4.74 Å². The lowest BCUT2D eigenvalue weighted by molar-refractivity contribution is -0.140. The van der Waals surface area contributed by atoms with Gasteiger partial charge in [-0.05, 0) is 18.9 Å². The molecular weight excluding hydrogens is 242 g/mol. The zero-order chi connectivity index (χ0) is 13.7. The average Bonchev–Trinajstić information content (AvgIpc) is 2.45. The summed E-state index contributed by atoms with van der Waals surface area (Å²) in [5.74, 6) is -0.228. The summed E-state index contributed by atoms with van der Waals surface area (Å²) >= 11 is 0. The van der Waals surface area contributed by atoms with Crippen molar-refractivity contribution >= 4 is 5.97 Å². The van der Waals surface area contributed by atoms with Crippen molar-refractivity contribution in [2.75, 3.05) is 7.11 Å². The van der Waals surface area contributed by atoms with Gasteiger partial charge in [-0.2, -0.15) is 0 Å². The van der Waals surface area contributed by atoms with Crippen LogP contribution in [-0.4, -0.2) is 24.2 Å². The Morgan fingerprint density at radius 3 is 2.63 bits per heavy atom. The first-order valence-corrected chi connectivity index (χ1v) is 6.84. The average molecular weight is 263 g/mol. The third-order valence-electron chi connectivity index (χ3n) is 3.70. The molecule has 1 aliphatic rings. The van der Waals surface area contributed by atoms with Gasteiger partial charge in [0.2, 0.25) is 0 Å². The van der Waals surface area contributed by atoms with E-state index in [9.17, 15) is 9.90 Å². The molecule has 0 bridgehead atoms. The van der Waals surface area contributed by atoms with Crippen molar-refractivity contribution in [1.82, 2.24) is 5.32 Å². The van der Waals surface area contributed by atoms with Crippen molar-refractivity contribution in [3.63, 3.8) is 0 Å². The molecule has 0 aromatic heterocycles. The minimum absolute atomic E-state index is 0.291. The highest BCUT2D eigenvalue weighted by atomic mass is 16.5. The highest BCUT2D eigenvalue weighted by Gasteiger charge is 2.26. The fraction of sp³-hybridized carbons (Fsp3) is 0.533. The largest absolute Gasteiger partial charge is 0.496 e. The quantitative estimate of drug-likeness (QED) is 0.857. The molecule has 4 nitrogen and oxygen atoms in total. The van der Waals surface area contributed by atoms with Crippen LogP contribution in [0.4, 0.5) is 0 Å². The van der Waals surface area contributed by atoms with Gasteiger partial charge in [0.05, 0.1) is 7.11 Å². The first-order valence-electron chi connectivity index (χ1n) is 6.84. The maximum atomic E-state index is 11.5. The number of carboxylic acid groups (broad SMARTS) is 1. The summed E-state index contributed by atoms with van der Waals surface area (Å²) in [5, 5.41) is 12.7. The molecule has 2 N–H and O–H groups in total. The molecule has 0 heterocycles. The number of carboxylic acids is 1. The molecule has 1 unspecified atom stereocenters. The number of para-hydroxylation sites is 1. The monoisotopic (exact) mass is 263 g/mol. The van der Waals surface area contributed by atoms with Gasteiger partial charge in [-0.3, -0.25) is 10.1 Å². The number of nitrogens with one attached hydrogen (secondary N) is 1. The number of carbonyl (C=O) groups is 1. The Bertz CT molecular complexity index is 427. The zero-order valence-electron chi connectivity index (χ0n) is 11.3. The van der Waals surface area contributed by atoms with Gasteiger partial charge in [0.1, 0.15) is 11.8 Å². The normalized spacial score (nSPS) is 17.9. The van der Waals surface area contributed by atoms with Crippen molar-refractivity contribution in [3.8, 4) is 5.75 Å². The summed E-state index contributed by atoms with van der Waals surface area (Å²) in [6.07, 6.45) is 5.72. The van der Waals surface area contributed by atoms with Crippen LogP contribution in [0, 0.1) is 0 Å². The summed E-state index contributed by atoms with van der Waals surface area (Å²) in [6.45, 7) is 0. The third kappa shape index (κ3) is 3.47. The van der Waals surface area contributed by atoms with Gasteiger partial charge >= 0.3 is 5.97 Å². The fourth-order valence-electron chi connectivity index (χ4n) is 2.70. The molecule has 1 aromatic rings. The highest BCUT2D eigenvalue weighted by molar-refractivity contribution is 5.76. The van der Waals surface area contributed by atoms with Crippen LogP contribution in [0.15, 0.2) is 24.3 Å². The second-order valence-corrected chi connectivity index (χ2v) is 5.01. The Balaban J connectivity index is 2.17. The van der Waals surface area contributed by atoms with E-state index in [2.05, 4.69) is 5.32 Å². The topological polar surface area (TPSA) is 58.6 Å². The van der Waals surface area contributed by atoms with Crippen LogP contribution >= 0.6 is 0 Å². The molecule has 0 radical (unpaired) electrons. The molecule has 1 aromatic carbocycles. The van der Waals surface area contributed by atoms with E-state index in [1.54, 1.807) is 13.2 Å². The summed E-state index contributed by atoms with van der Waals surface area (Å²) in [4.78, 5) is 11.5. The van der Waals surface area contributed by atoms with Crippen LogP contribution in [0.25, 0.3) is 0 Å². The van der Waals surface area contributed by atoms with Gasteiger partial charge in [-0.1, -0.05) is 37.5 Å². The van der Waals surface area contributed by atoms with E-state index in [1.165, 1.54) is 19.3 Å². The summed E-state index contributed by atoms with van der Waals surface area (Å²) in [6, 6.07) is 6.90. The molecule has 1 aliphatic carbocycles. The molecular formula is C15H21NO3. The van der Waals surface area contributed by atoms with Gasteiger partial charge in [0.25, 0.3) is 0 Å². The number of ether oxygens (including phenoxy) is 1. The van der Waals surface area contributed by atoms with Crippen LogP contribution in [0.5, 0.6) is 5.75 Å². The van der Waals surface area contributed by atoms with Gasteiger partial charge < -0.3 is 9.84 Å². The molecule has 1 fully saturated rings. The first kappa shape index (κ1) is 13.9. The smallest absolute Gasteiger partial charge is 0.325 e. The van der Waals surface area contributed by atoms with Crippen molar-refractivity contribution in [2.24, 2.45) is 0 Å². The second kappa shape index (κ2) is 6.57. The lowest BCUT2D eigenvalue weighted by Gasteiger charge is -2.27. The number of benzene rings is 1. The number of aliphatic carboxylic acids is 1. The maximum Gasteiger partial charge on any atom is 0.325 e. The highest BCUT2D eigenvalue weighted by Crippen LogP contribution is 2.27. The first-order chi connectivity index (χ1) is 9.22. The Kier molecular flexibility index (Phi) is 4.80. The molecule has 2 rings (SSSR count). The SMILES string of the molecule is COc1ccccc1C(NC1CCCCC1)C(=O)O. The summed E-state index contributed by atoms with van der Waals surface area (Å²) in [5.41, 5.74) is 0.697. The Hall–Kier alpha value is -1.55. The lowest BCUT2D eigenvalue weighted by atomic mass is 9.94. The summed E-state index contributed by atoms with van der Waals surface area (Å²) in [7, 11) is 1.57. The standard InChI is InChI=1S/C15H21NO3/c1-19-13-10-6-5-9-12(13)14(15(17)18)16-11-7-3-2-4-8-11/h5-6,9-11,14,16H,2-4,7-8H2,1H3,(H,17,18). The predicted molar refractivity (Wildman–Crippen MR) is 73.4 cm³/mol. The Morgan fingerprint density at radius 2 is 2.00 bits per heavy atom. The molecule has 4 heteroatoms.